The maximum Gasteiger partial charge on any atom is 0.262 e. The van der Waals surface area contributed by atoms with Gasteiger partial charge in [0.2, 0.25) is 5.91 Å². The van der Waals surface area contributed by atoms with Crippen LogP contribution in [0.25, 0.3) is 0 Å². The van der Waals surface area contributed by atoms with E-state index in [4.69, 9.17) is 0 Å². The summed E-state index contributed by atoms with van der Waals surface area (Å²) >= 11 is 0. The van der Waals surface area contributed by atoms with Gasteiger partial charge in [0.15, 0.2) is 5.03 Å². The normalized spacial score (nSPS) is 16.4. The Morgan fingerprint density at radius 2 is 2.00 bits per heavy atom. The number of carbonyl (C=O) groups excluding carboxylic acids is 1. The van der Waals surface area contributed by atoms with Crippen LogP contribution in [0.3, 0.4) is 0 Å². The molecule has 1 aromatic carbocycles. The molecule has 0 bridgehead atoms. The highest BCUT2D eigenvalue weighted by Crippen LogP contribution is 2.22. The molecule has 0 radical (unpaired) electrons. The zero-order valence-corrected chi connectivity index (χ0v) is 15.5. The molecule has 0 atom stereocenters. The van der Waals surface area contributed by atoms with Crippen molar-refractivity contribution >= 4 is 21.6 Å². The lowest BCUT2D eigenvalue weighted by Gasteiger charge is -2.28. The molecule has 146 valence electrons. The Bertz CT molecular complexity index is 937. The van der Waals surface area contributed by atoms with Crippen LogP contribution >= 0.6 is 0 Å². The molecule has 0 aliphatic carbocycles. The molecular weight excluding hydrogens is 378 g/mol. The van der Waals surface area contributed by atoms with Crippen LogP contribution in [-0.4, -0.2) is 41.3 Å². The summed E-state index contributed by atoms with van der Waals surface area (Å²) in [5.74, 6) is -1.59. The van der Waals surface area contributed by atoms with Crippen molar-refractivity contribution < 1.29 is 22.0 Å². The average molecular weight is 398 g/mol. The van der Waals surface area contributed by atoms with Gasteiger partial charge in [-0.1, -0.05) is 6.92 Å². The van der Waals surface area contributed by atoms with Crippen molar-refractivity contribution in [2.24, 2.45) is 5.92 Å². The van der Waals surface area contributed by atoms with E-state index in [9.17, 15) is 22.0 Å². The quantitative estimate of drug-likeness (QED) is 0.837. The fourth-order valence-electron chi connectivity index (χ4n) is 2.87. The van der Waals surface area contributed by atoms with Gasteiger partial charge in [0, 0.05) is 25.4 Å². The maximum absolute atomic E-state index is 13.6. The zero-order chi connectivity index (χ0) is 19.6. The highest BCUT2D eigenvalue weighted by atomic mass is 32.2. The van der Waals surface area contributed by atoms with E-state index >= 15 is 0 Å². The van der Waals surface area contributed by atoms with Crippen molar-refractivity contribution in [1.82, 2.24) is 13.9 Å². The number of benzene rings is 1. The van der Waals surface area contributed by atoms with Gasteiger partial charge < -0.3 is 9.88 Å². The molecule has 3 rings (SSSR count). The third kappa shape index (κ3) is 4.51. The standard InChI is InChI=1S/C17H20F2N4O3S/c1-12-4-6-23(7-5-12)27(25,26)17-10-22(11-20-17)9-16(24)21-15-8-13(18)2-3-14(15)19/h2-3,8,10-12H,4-7,9H2,1H3,(H,21,24). The smallest absolute Gasteiger partial charge is 0.262 e. The molecule has 1 N–H and O–H groups in total. The van der Waals surface area contributed by atoms with Crippen molar-refractivity contribution in [3.05, 3.63) is 42.4 Å². The molecule has 0 saturated carbocycles. The number of sulfonamides is 1. The van der Waals surface area contributed by atoms with Crippen LogP contribution in [0, 0.1) is 17.6 Å². The van der Waals surface area contributed by atoms with Gasteiger partial charge in [-0.2, -0.15) is 4.31 Å². The minimum Gasteiger partial charge on any atom is -0.327 e. The van der Waals surface area contributed by atoms with E-state index in [1.807, 2.05) is 0 Å². The van der Waals surface area contributed by atoms with Gasteiger partial charge in [0.25, 0.3) is 10.0 Å². The van der Waals surface area contributed by atoms with E-state index in [1.165, 1.54) is 21.4 Å². The molecule has 1 aliphatic heterocycles. The summed E-state index contributed by atoms with van der Waals surface area (Å²) in [4.78, 5) is 15.9. The van der Waals surface area contributed by atoms with E-state index in [0.717, 1.165) is 31.0 Å². The van der Waals surface area contributed by atoms with Gasteiger partial charge in [0.05, 0.1) is 12.0 Å². The number of halogens is 2. The first-order chi connectivity index (χ1) is 12.8. The van der Waals surface area contributed by atoms with Crippen LogP contribution in [0.5, 0.6) is 0 Å². The Balaban J connectivity index is 1.67. The highest BCUT2D eigenvalue weighted by molar-refractivity contribution is 7.89. The number of hydrogen-bond acceptors (Lipinski definition) is 4. The summed E-state index contributed by atoms with van der Waals surface area (Å²) in [6, 6.07) is 2.72. The summed E-state index contributed by atoms with van der Waals surface area (Å²) in [6.07, 6.45) is 4.07. The van der Waals surface area contributed by atoms with Crippen molar-refractivity contribution in [3.63, 3.8) is 0 Å². The molecule has 1 amide bonds. The van der Waals surface area contributed by atoms with Gasteiger partial charge in [0.1, 0.15) is 18.2 Å². The fraction of sp³-hybridized carbons (Fsp3) is 0.412. The van der Waals surface area contributed by atoms with Crippen LogP contribution in [0.15, 0.2) is 35.7 Å². The van der Waals surface area contributed by atoms with Crippen LogP contribution in [0.1, 0.15) is 19.8 Å². The van der Waals surface area contributed by atoms with Crippen LogP contribution < -0.4 is 5.32 Å². The molecule has 2 aromatic rings. The zero-order valence-electron chi connectivity index (χ0n) is 14.7. The molecule has 27 heavy (non-hydrogen) atoms. The Labute approximate surface area is 156 Å². The number of rotatable bonds is 5. The predicted molar refractivity (Wildman–Crippen MR) is 94.4 cm³/mol. The largest absolute Gasteiger partial charge is 0.327 e. The van der Waals surface area contributed by atoms with Crippen LogP contribution in [0.4, 0.5) is 14.5 Å². The number of nitrogens with zero attached hydrogens (tertiary/aromatic N) is 3. The SMILES string of the molecule is CC1CCN(S(=O)(=O)c2cn(CC(=O)Nc3cc(F)ccc3F)cn2)CC1. The molecular formula is C17H20F2N4O3S. The minimum absolute atomic E-state index is 0.137. The molecule has 2 heterocycles. The molecule has 10 heteroatoms. The monoisotopic (exact) mass is 398 g/mol. The Hall–Kier alpha value is -2.33. The Morgan fingerprint density at radius 3 is 2.70 bits per heavy atom. The maximum atomic E-state index is 13.6. The van der Waals surface area contributed by atoms with E-state index in [1.54, 1.807) is 0 Å². The average Bonchev–Trinajstić information content (AvgIpc) is 3.08. The second kappa shape index (κ2) is 7.73. The summed E-state index contributed by atoms with van der Waals surface area (Å²) in [5, 5.41) is 2.12. The summed E-state index contributed by atoms with van der Waals surface area (Å²) in [7, 11) is -3.71. The highest BCUT2D eigenvalue weighted by Gasteiger charge is 2.29. The minimum atomic E-state index is -3.71. The van der Waals surface area contributed by atoms with E-state index < -0.39 is 27.6 Å². The molecule has 0 spiro atoms. The fourth-order valence-corrected chi connectivity index (χ4v) is 4.27. The lowest BCUT2D eigenvalue weighted by atomic mass is 10.0. The first-order valence-corrected chi connectivity index (χ1v) is 9.96. The van der Waals surface area contributed by atoms with Crippen molar-refractivity contribution in [2.45, 2.75) is 31.3 Å². The number of carbonyl (C=O) groups is 1. The van der Waals surface area contributed by atoms with Gasteiger partial charge >= 0.3 is 0 Å². The first-order valence-electron chi connectivity index (χ1n) is 8.52. The molecule has 1 aliphatic rings. The topological polar surface area (TPSA) is 84.3 Å². The number of hydrogen-bond donors (Lipinski definition) is 1. The Morgan fingerprint density at radius 1 is 1.30 bits per heavy atom. The molecule has 7 nitrogen and oxygen atoms in total. The predicted octanol–water partition coefficient (Wildman–Crippen LogP) is 2.22. The van der Waals surface area contributed by atoms with Crippen molar-refractivity contribution in [2.75, 3.05) is 18.4 Å². The molecule has 1 fully saturated rings. The van der Waals surface area contributed by atoms with Crippen LogP contribution in [0.2, 0.25) is 0 Å². The van der Waals surface area contributed by atoms with E-state index in [-0.39, 0.29) is 17.3 Å². The van der Waals surface area contributed by atoms with Crippen molar-refractivity contribution in [1.29, 1.82) is 0 Å². The third-order valence-electron chi connectivity index (χ3n) is 4.49. The van der Waals surface area contributed by atoms with Gasteiger partial charge in [-0.05, 0) is 30.9 Å². The summed E-state index contributed by atoms with van der Waals surface area (Å²) < 4.78 is 54.7. The first kappa shape index (κ1) is 19.4. The van der Waals surface area contributed by atoms with Gasteiger partial charge in [-0.25, -0.2) is 22.2 Å². The van der Waals surface area contributed by atoms with Crippen LogP contribution in [-0.2, 0) is 21.4 Å². The molecule has 0 unspecified atom stereocenters. The van der Waals surface area contributed by atoms with Crippen molar-refractivity contribution in [3.8, 4) is 0 Å². The molecule has 1 aromatic heterocycles. The Kier molecular flexibility index (Phi) is 5.56. The lowest BCUT2D eigenvalue weighted by molar-refractivity contribution is -0.116. The number of piperidine rings is 1. The number of imidazole rings is 1. The summed E-state index contributed by atoms with van der Waals surface area (Å²) in [5.41, 5.74) is -0.282. The second-order valence-electron chi connectivity index (χ2n) is 6.64. The third-order valence-corrected chi connectivity index (χ3v) is 6.27. The second-order valence-corrected chi connectivity index (χ2v) is 8.53. The number of anilines is 1. The van der Waals surface area contributed by atoms with Gasteiger partial charge in [-0.3, -0.25) is 4.79 Å². The number of amides is 1. The van der Waals surface area contributed by atoms with E-state index in [0.29, 0.717) is 19.0 Å². The lowest BCUT2D eigenvalue weighted by Crippen LogP contribution is -2.38. The number of nitrogens with one attached hydrogen (secondary N) is 1. The summed E-state index contributed by atoms with van der Waals surface area (Å²) in [6.45, 7) is 2.68. The number of aromatic nitrogens is 2. The van der Waals surface area contributed by atoms with E-state index in [2.05, 4.69) is 17.2 Å². The van der Waals surface area contributed by atoms with Gasteiger partial charge in [-0.15, -0.1) is 0 Å². The molecule has 1 saturated heterocycles.